The summed E-state index contributed by atoms with van der Waals surface area (Å²) in [7, 11) is 4.44. The van der Waals surface area contributed by atoms with E-state index in [1.165, 1.54) is 28.0 Å². The molecule has 2 aromatic carbocycles. The molecule has 2 heterocycles. The number of thioether (sulfide) groups is 1. The SMILES string of the molecule is CCC(CCC1SCCc2c1oc1ccccc21)(c1ccccc1)N(C)C. The fraction of sp³-hybridized carbons (Fsp3) is 0.417. The molecular weight excluding hydrogens is 350 g/mol. The molecule has 1 aliphatic heterocycles. The van der Waals surface area contributed by atoms with E-state index >= 15 is 0 Å². The lowest BCUT2D eigenvalue weighted by Crippen LogP contribution is -2.41. The summed E-state index contributed by atoms with van der Waals surface area (Å²) in [4.78, 5) is 2.41. The van der Waals surface area contributed by atoms with Crippen LogP contribution in [0.3, 0.4) is 0 Å². The smallest absolute Gasteiger partial charge is 0.134 e. The Hall–Kier alpha value is -1.71. The summed E-state index contributed by atoms with van der Waals surface area (Å²) in [5, 5.41) is 1.77. The summed E-state index contributed by atoms with van der Waals surface area (Å²) in [6.07, 6.45) is 4.50. The number of benzene rings is 2. The van der Waals surface area contributed by atoms with Crippen LogP contribution in [0.2, 0.25) is 0 Å². The van der Waals surface area contributed by atoms with Crippen molar-refractivity contribution >= 4 is 22.7 Å². The number of hydrogen-bond donors (Lipinski definition) is 0. The summed E-state index contributed by atoms with van der Waals surface area (Å²) in [5.41, 5.74) is 3.99. The number of hydrogen-bond acceptors (Lipinski definition) is 3. The number of para-hydroxylation sites is 1. The first-order valence-electron chi connectivity index (χ1n) is 10.0. The minimum Gasteiger partial charge on any atom is -0.460 e. The van der Waals surface area contributed by atoms with Gasteiger partial charge in [0.1, 0.15) is 11.3 Å². The molecule has 0 saturated heterocycles. The van der Waals surface area contributed by atoms with Gasteiger partial charge in [0.25, 0.3) is 0 Å². The molecule has 3 aromatic rings. The van der Waals surface area contributed by atoms with Crippen molar-refractivity contribution in [2.45, 2.75) is 43.4 Å². The topological polar surface area (TPSA) is 16.4 Å². The second-order valence-electron chi connectivity index (χ2n) is 7.73. The number of rotatable bonds is 6. The second kappa shape index (κ2) is 7.73. The first kappa shape index (κ1) is 18.6. The molecule has 2 unspecified atom stereocenters. The van der Waals surface area contributed by atoms with Crippen LogP contribution in [0.5, 0.6) is 0 Å². The van der Waals surface area contributed by atoms with Crippen LogP contribution in [0, 0.1) is 0 Å². The molecule has 0 amide bonds. The van der Waals surface area contributed by atoms with E-state index in [2.05, 4.69) is 92.3 Å². The number of nitrogens with zero attached hydrogens (tertiary/aromatic N) is 1. The van der Waals surface area contributed by atoms with Gasteiger partial charge in [0.15, 0.2) is 0 Å². The van der Waals surface area contributed by atoms with Crippen molar-refractivity contribution in [2.24, 2.45) is 0 Å². The fourth-order valence-electron chi connectivity index (χ4n) is 4.67. The highest BCUT2D eigenvalue weighted by atomic mass is 32.2. The lowest BCUT2D eigenvalue weighted by atomic mass is 9.81. The molecule has 0 spiro atoms. The standard InChI is InChI=1S/C24H29NOS/c1-4-24(25(2)3,18-10-6-5-7-11-18)16-14-22-23-20(15-17-27-22)19-12-8-9-13-21(19)26-23/h5-13,22H,4,14-17H2,1-3H3. The van der Waals surface area contributed by atoms with Gasteiger partial charge in [-0.15, -0.1) is 0 Å². The van der Waals surface area contributed by atoms with Crippen molar-refractivity contribution in [2.75, 3.05) is 19.8 Å². The van der Waals surface area contributed by atoms with Crippen molar-refractivity contribution in [3.8, 4) is 0 Å². The van der Waals surface area contributed by atoms with E-state index in [-0.39, 0.29) is 5.54 Å². The minimum absolute atomic E-state index is 0.0748. The third-order valence-electron chi connectivity index (χ3n) is 6.27. The van der Waals surface area contributed by atoms with Crippen LogP contribution in [0.25, 0.3) is 11.0 Å². The Balaban J connectivity index is 1.63. The van der Waals surface area contributed by atoms with E-state index < -0.39 is 0 Å². The van der Waals surface area contributed by atoms with Crippen LogP contribution in [0.4, 0.5) is 0 Å². The molecule has 2 atom stereocenters. The van der Waals surface area contributed by atoms with Crippen LogP contribution >= 0.6 is 11.8 Å². The third-order valence-corrected chi connectivity index (χ3v) is 7.56. The van der Waals surface area contributed by atoms with E-state index in [1.807, 2.05) is 0 Å². The van der Waals surface area contributed by atoms with E-state index in [9.17, 15) is 0 Å². The molecule has 0 saturated carbocycles. The molecule has 27 heavy (non-hydrogen) atoms. The Morgan fingerprint density at radius 2 is 1.81 bits per heavy atom. The molecule has 142 valence electrons. The van der Waals surface area contributed by atoms with Crippen LogP contribution in [-0.2, 0) is 12.0 Å². The minimum atomic E-state index is 0.0748. The van der Waals surface area contributed by atoms with Gasteiger partial charge in [-0.1, -0.05) is 55.5 Å². The molecular formula is C24H29NOS. The summed E-state index contributed by atoms with van der Waals surface area (Å²) in [6, 6.07) is 19.5. The van der Waals surface area contributed by atoms with Crippen molar-refractivity contribution in [1.29, 1.82) is 0 Å². The van der Waals surface area contributed by atoms with E-state index in [0.717, 1.165) is 31.3 Å². The molecule has 2 nitrogen and oxygen atoms in total. The monoisotopic (exact) mass is 379 g/mol. The van der Waals surface area contributed by atoms with E-state index in [4.69, 9.17) is 4.42 Å². The summed E-state index contributed by atoms with van der Waals surface area (Å²) < 4.78 is 6.33. The van der Waals surface area contributed by atoms with Gasteiger partial charge < -0.3 is 4.42 Å². The molecule has 0 bridgehead atoms. The predicted molar refractivity (Wildman–Crippen MR) is 116 cm³/mol. The highest BCUT2D eigenvalue weighted by Crippen LogP contribution is 2.46. The summed E-state index contributed by atoms with van der Waals surface area (Å²) >= 11 is 2.07. The van der Waals surface area contributed by atoms with Gasteiger partial charge in [0, 0.05) is 16.5 Å². The molecule has 0 aliphatic carbocycles. The molecule has 0 fully saturated rings. The van der Waals surface area contributed by atoms with Crippen molar-refractivity contribution in [3.63, 3.8) is 0 Å². The first-order chi connectivity index (χ1) is 13.2. The largest absolute Gasteiger partial charge is 0.460 e. The molecule has 0 radical (unpaired) electrons. The highest BCUT2D eigenvalue weighted by molar-refractivity contribution is 7.99. The zero-order valence-electron chi connectivity index (χ0n) is 16.6. The molecule has 3 heteroatoms. The number of furan rings is 1. The zero-order chi connectivity index (χ0) is 18.9. The Bertz CT molecular complexity index is 901. The Labute approximate surface area is 166 Å². The lowest BCUT2D eigenvalue weighted by Gasteiger charge is -2.41. The van der Waals surface area contributed by atoms with Crippen molar-refractivity contribution in [3.05, 3.63) is 71.5 Å². The maximum absolute atomic E-state index is 6.33. The maximum atomic E-state index is 6.33. The Kier molecular flexibility index (Phi) is 5.34. The Morgan fingerprint density at radius 3 is 2.56 bits per heavy atom. The molecule has 4 rings (SSSR count). The Morgan fingerprint density at radius 1 is 1.07 bits per heavy atom. The molecule has 1 aromatic heterocycles. The van der Waals surface area contributed by atoms with Crippen LogP contribution in [0.15, 0.2) is 59.0 Å². The number of fused-ring (bicyclic) bond motifs is 3. The zero-order valence-corrected chi connectivity index (χ0v) is 17.4. The fourth-order valence-corrected chi connectivity index (χ4v) is 5.90. The van der Waals surface area contributed by atoms with Crippen molar-refractivity contribution < 1.29 is 4.42 Å². The average molecular weight is 380 g/mol. The van der Waals surface area contributed by atoms with Gasteiger partial charge in [-0.05, 0) is 57.2 Å². The quantitative estimate of drug-likeness (QED) is 0.492. The predicted octanol–water partition coefficient (Wildman–Crippen LogP) is 6.41. The highest BCUT2D eigenvalue weighted by Gasteiger charge is 2.35. The molecule has 0 N–H and O–H groups in total. The first-order valence-corrected chi connectivity index (χ1v) is 11.1. The van der Waals surface area contributed by atoms with Crippen molar-refractivity contribution in [1.82, 2.24) is 4.90 Å². The average Bonchev–Trinajstić information content (AvgIpc) is 3.09. The van der Waals surface area contributed by atoms with Crippen LogP contribution < -0.4 is 0 Å². The van der Waals surface area contributed by atoms with Crippen LogP contribution in [-0.4, -0.2) is 24.7 Å². The van der Waals surface area contributed by atoms with E-state index in [1.54, 1.807) is 0 Å². The summed E-state index contributed by atoms with van der Waals surface area (Å²) in [6.45, 7) is 2.31. The third kappa shape index (κ3) is 3.32. The van der Waals surface area contributed by atoms with Gasteiger partial charge in [-0.25, -0.2) is 0 Å². The van der Waals surface area contributed by atoms with Gasteiger partial charge in [0.05, 0.1) is 5.25 Å². The van der Waals surface area contributed by atoms with Gasteiger partial charge in [-0.2, -0.15) is 11.8 Å². The number of aryl methyl sites for hydroxylation is 1. The normalized spacial score (nSPS) is 19.2. The van der Waals surface area contributed by atoms with Gasteiger partial charge in [0.2, 0.25) is 0 Å². The lowest BCUT2D eigenvalue weighted by molar-refractivity contribution is 0.128. The second-order valence-corrected chi connectivity index (χ2v) is 9.05. The van der Waals surface area contributed by atoms with E-state index in [0.29, 0.717) is 5.25 Å². The van der Waals surface area contributed by atoms with Gasteiger partial charge >= 0.3 is 0 Å². The van der Waals surface area contributed by atoms with Crippen LogP contribution in [0.1, 0.15) is 48.3 Å². The van der Waals surface area contributed by atoms with Gasteiger partial charge in [-0.3, -0.25) is 4.90 Å². The molecule has 1 aliphatic rings. The summed E-state index contributed by atoms with van der Waals surface area (Å²) in [5.74, 6) is 2.41. The maximum Gasteiger partial charge on any atom is 0.134 e.